The molecule has 2 heterocycles. The van der Waals surface area contributed by atoms with Crippen LogP contribution in [0, 0.1) is 0 Å². The molecule has 0 atom stereocenters. The molecular weight excluding hydrogens is 466 g/mol. The van der Waals surface area contributed by atoms with Crippen molar-refractivity contribution in [1.29, 1.82) is 0 Å². The Labute approximate surface area is 211 Å². The van der Waals surface area contributed by atoms with Gasteiger partial charge in [0.1, 0.15) is 11.2 Å². The Hall–Kier alpha value is -4.54. The molecule has 5 aromatic carbocycles. The van der Waals surface area contributed by atoms with E-state index in [0.717, 1.165) is 43.8 Å². The minimum atomic E-state index is 0.547. The van der Waals surface area contributed by atoms with Crippen molar-refractivity contribution in [1.82, 2.24) is 15.0 Å². The van der Waals surface area contributed by atoms with Crippen molar-refractivity contribution in [2.24, 2.45) is 0 Å². The fourth-order valence-electron chi connectivity index (χ4n) is 4.74. The molecule has 7 aromatic rings. The lowest BCUT2D eigenvalue weighted by Gasteiger charge is -2.10. The second-order valence-electron chi connectivity index (χ2n) is 8.63. The van der Waals surface area contributed by atoms with Crippen molar-refractivity contribution in [3.05, 3.63) is 114 Å². The summed E-state index contributed by atoms with van der Waals surface area (Å²) in [5.41, 5.74) is 4.14. The predicted octanol–water partition coefficient (Wildman–Crippen LogP) is 8.58. The van der Waals surface area contributed by atoms with E-state index < -0.39 is 0 Å². The first-order valence-corrected chi connectivity index (χ1v) is 12.0. The van der Waals surface area contributed by atoms with E-state index in [1.807, 2.05) is 91.0 Å². The summed E-state index contributed by atoms with van der Waals surface area (Å²) in [7, 11) is 0. The van der Waals surface area contributed by atoms with Crippen molar-refractivity contribution in [3.63, 3.8) is 0 Å². The maximum absolute atomic E-state index is 6.60. The molecule has 0 N–H and O–H groups in total. The number of hydrogen-bond acceptors (Lipinski definition) is 4. The van der Waals surface area contributed by atoms with E-state index in [9.17, 15) is 0 Å². The van der Waals surface area contributed by atoms with Gasteiger partial charge in [0.2, 0.25) is 0 Å². The molecule has 2 aromatic heterocycles. The van der Waals surface area contributed by atoms with Gasteiger partial charge in [-0.05, 0) is 22.9 Å². The summed E-state index contributed by atoms with van der Waals surface area (Å²) < 4.78 is 6.28. The van der Waals surface area contributed by atoms with Crippen molar-refractivity contribution < 1.29 is 4.42 Å². The molecule has 0 saturated carbocycles. The van der Waals surface area contributed by atoms with Gasteiger partial charge >= 0.3 is 0 Å². The Morgan fingerprint density at radius 3 is 1.83 bits per heavy atom. The van der Waals surface area contributed by atoms with E-state index in [1.54, 1.807) is 0 Å². The van der Waals surface area contributed by atoms with Crippen LogP contribution in [0.4, 0.5) is 0 Å². The van der Waals surface area contributed by atoms with Gasteiger partial charge in [-0.15, -0.1) is 0 Å². The van der Waals surface area contributed by atoms with E-state index in [0.29, 0.717) is 28.1 Å². The molecule has 7 rings (SSSR count). The first-order chi connectivity index (χ1) is 17.7. The molecule has 0 unspecified atom stereocenters. The molecule has 0 radical (unpaired) electrons. The number of aromatic nitrogens is 3. The average Bonchev–Trinajstić information content (AvgIpc) is 3.32. The molecule has 36 heavy (non-hydrogen) atoms. The maximum atomic E-state index is 6.60. The third-order valence-corrected chi connectivity index (χ3v) is 6.59. The third kappa shape index (κ3) is 3.43. The first-order valence-electron chi connectivity index (χ1n) is 11.7. The van der Waals surface area contributed by atoms with Gasteiger partial charge in [-0.3, -0.25) is 0 Å². The minimum Gasteiger partial charge on any atom is -0.456 e. The number of rotatable bonds is 3. The second kappa shape index (κ2) is 8.29. The van der Waals surface area contributed by atoms with Crippen LogP contribution in [0.3, 0.4) is 0 Å². The summed E-state index contributed by atoms with van der Waals surface area (Å²) in [6.45, 7) is 0. The largest absolute Gasteiger partial charge is 0.456 e. The Morgan fingerprint density at radius 1 is 0.528 bits per heavy atom. The van der Waals surface area contributed by atoms with E-state index in [2.05, 4.69) is 18.2 Å². The lowest BCUT2D eigenvalue weighted by Crippen LogP contribution is -2.00. The zero-order chi connectivity index (χ0) is 24.1. The van der Waals surface area contributed by atoms with Crippen LogP contribution in [0.25, 0.3) is 66.9 Å². The molecule has 4 nitrogen and oxygen atoms in total. The molecule has 0 fully saturated rings. The smallest absolute Gasteiger partial charge is 0.164 e. The predicted molar refractivity (Wildman–Crippen MR) is 146 cm³/mol. The lowest BCUT2D eigenvalue weighted by atomic mass is 10.0. The molecule has 0 aliphatic carbocycles. The number of halogens is 1. The van der Waals surface area contributed by atoms with Gasteiger partial charge in [0, 0.05) is 38.6 Å². The summed E-state index contributed by atoms with van der Waals surface area (Å²) in [6.07, 6.45) is 0. The molecule has 0 amide bonds. The van der Waals surface area contributed by atoms with Crippen LogP contribution in [0.15, 0.2) is 114 Å². The van der Waals surface area contributed by atoms with Gasteiger partial charge in [-0.1, -0.05) is 103 Å². The molecule has 0 aliphatic heterocycles. The number of fused-ring (bicyclic) bond motifs is 5. The summed E-state index contributed by atoms with van der Waals surface area (Å²) in [6, 6.07) is 36.0. The summed E-state index contributed by atoms with van der Waals surface area (Å²) in [5, 5.41) is 4.77. The third-order valence-electron chi connectivity index (χ3n) is 6.37. The fraction of sp³-hybridized carbons (Fsp3) is 0. The summed E-state index contributed by atoms with van der Waals surface area (Å²) in [4.78, 5) is 14.7. The number of hydrogen-bond donors (Lipinski definition) is 0. The highest BCUT2D eigenvalue weighted by Crippen LogP contribution is 2.41. The van der Waals surface area contributed by atoms with E-state index in [-0.39, 0.29) is 0 Å². The number of nitrogens with zero attached hydrogens (tertiary/aromatic N) is 3. The van der Waals surface area contributed by atoms with Crippen LogP contribution in [0.2, 0.25) is 5.02 Å². The van der Waals surface area contributed by atoms with Crippen LogP contribution in [-0.2, 0) is 0 Å². The van der Waals surface area contributed by atoms with Gasteiger partial charge < -0.3 is 4.42 Å². The lowest BCUT2D eigenvalue weighted by molar-refractivity contribution is 0.669. The van der Waals surface area contributed by atoms with Crippen LogP contribution in [-0.4, -0.2) is 15.0 Å². The Bertz CT molecular complexity index is 1840. The van der Waals surface area contributed by atoms with Gasteiger partial charge in [0.25, 0.3) is 0 Å². The van der Waals surface area contributed by atoms with Crippen LogP contribution >= 0.6 is 11.6 Å². The highest BCUT2D eigenvalue weighted by molar-refractivity contribution is 6.33. The molecule has 0 aliphatic rings. The van der Waals surface area contributed by atoms with Crippen LogP contribution in [0.5, 0.6) is 0 Å². The van der Waals surface area contributed by atoms with Crippen molar-refractivity contribution in [3.8, 4) is 34.2 Å². The normalized spacial score (nSPS) is 11.5. The second-order valence-corrected chi connectivity index (χ2v) is 9.06. The minimum absolute atomic E-state index is 0.547. The number of benzene rings is 5. The Kier molecular flexibility index (Phi) is 4.79. The van der Waals surface area contributed by atoms with Crippen molar-refractivity contribution >= 4 is 44.3 Å². The van der Waals surface area contributed by atoms with Gasteiger partial charge in [-0.2, -0.15) is 0 Å². The molecule has 170 valence electrons. The van der Waals surface area contributed by atoms with E-state index in [4.69, 9.17) is 31.0 Å². The first kappa shape index (κ1) is 20.8. The van der Waals surface area contributed by atoms with Crippen LogP contribution in [0.1, 0.15) is 0 Å². The Balaban J connectivity index is 1.59. The van der Waals surface area contributed by atoms with Crippen molar-refractivity contribution in [2.45, 2.75) is 0 Å². The zero-order valence-electron chi connectivity index (χ0n) is 19.0. The van der Waals surface area contributed by atoms with Gasteiger partial charge in [0.15, 0.2) is 17.5 Å². The maximum Gasteiger partial charge on any atom is 0.164 e. The SMILES string of the molecule is Clc1cc(-c2nc(-c3ccccc3)nc(-c3ccccc3)n2)c2c(c1)oc1ccc3ccccc3c12. The summed E-state index contributed by atoms with van der Waals surface area (Å²) >= 11 is 6.60. The zero-order valence-corrected chi connectivity index (χ0v) is 19.8. The standard InChI is InChI=1S/C31H18ClN3O/c32-22-17-24(28-26(18-22)36-25-16-15-19-9-7-8-14-23(19)27(25)28)31-34-29(20-10-3-1-4-11-20)33-30(35-31)21-12-5-2-6-13-21/h1-18H. The van der Waals surface area contributed by atoms with E-state index >= 15 is 0 Å². The molecule has 0 saturated heterocycles. The topological polar surface area (TPSA) is 51.8 Å². The van der Waals surface area contributed by atoms with Crippen LogP contribution < -0.4 is 0 Å². The summed E-state index contributed by atoms with van der Waals surface area (Å²) in [5.74, 6) is 1.75. The highest BCUT2D eigenvalue weighted by atomic mass is 35.5. The quantitative estimate of drug-likeness (QED) is 0.252. The molecular formula is C31H18ClN3O. The molecule has 0 bridgehead atoms. The fourth-order valence-corrected chi connectivity index (χ4v) is 4.95. The Morgan fingerprint density at radius 2 is 1.14 bits per heavy atom. The molecule has 0 spiro atoms. The molecule has 5 heteroatoms. The number of furan rings is 1. The van der Waals surface area contributed by atoms with E-state index in [1.165, 1.54) is 0 Å². The average molecular weight is 484 g/mol. The highest BCUT2D eigenvalue weighted by Gasteiger charge is 2.20. The van der Waals surface area contributed by atoms with Crippen molar-refractivity contribution in [2.75, 3.05) is 0 Å². The monoisotopic (exact) mass is 483 g/mol. The van der Waals surface area contributed by atoms with Gasteiger partial charge in [0.05, 0.1) is 0 Å². The van der Waals surface area contributed by atoms with Gasteiger partial charge in [-0.25, -0.2) is 15.0 Å².